The number of nitrogens with two attached hydrogens (primary N) is 1. The van der Waals surface area contributed by atoms with Gasteiger partial charge in [-0.05, 0) is 43.5 Å². The molecule has 1 saturated heterocycles. The van der Waals surface area contributed by atoms with Crippen molar-refractivity contribution in [2.75, 3.05) is 33.2 Å². The Morgan fingerprint density at radius 3 is 2.53 bits per heavy atom. The number of carbonyl (C=O) groups is 2. The molecule has 30 heavy (non-hydrogen) atoms. The number of nitrogens with zero attached hydrogens (tertiary/aromatic N) is 2. The van der Waals surface area contributed by atoms with Gasteiger partial charge in [-0.1, -0.05) is 25.5 Å². The molecule has 8 nitrogen and oxygen atoms in total. The van der Waals surface area contributed by atoms with Crippen LogP contribution >= 0.6 is 24.0 Å². The van der Waals surface area contributed by atoms with Crippen LogP contribution in [0.2, 0.25) is 0 Å². The van der Waals surface area contributed by atoms with Gasteiger partial charge in [0.15, 0.2) is 5.96 Å². The van der Waals surface area contributed by atoms with E-state index in [1.807, 2.05) is 12.1 Å². The maximum atomic E-state index is 11.9. The van der Waals surface area contributed by atoms with E-state index in [1.165, 1.54) is 32.2 Å². The smallest absolute Gasteiger partial charge is 0.251 e. The number of guanidine groups is 1. The Labute approximate surface area is 196 Å². The van der Waals surface area contributed by atoms with E-state index < -0.39 is 5.91 Å². The third-order valence-electron chi connectivity index (χ3n) is 5.23. The summed E-state index contributed by atoms with van der Waals surface area (Å²) < 4.78 is 0. The van der Waals surface area contributed by atoms with Gasteiger partial charge >= 0.3 is 0 Å². The fourth-order valence-corrected chi connectivity index (χ4v) is 3.58. The molecule has 1 fully saturated rings. The molecule has 1 aromatic rings. The van der Waals surface area contributed by atoms with Gasteiger partial charge in [-0.2, -0.15) is 0 Å². The first-order valence-electron chi connectivity index (χ1n) is 10.4. The van der Waals surface area contributed by atoms with Gasteiger partial charge in [0.25, 0.3) is 5.91 Å². The fourth-order valence-electron chi connectivity index (χ4n) is 3.58. The van der Waals surface area contributed by atoms with E-state index in [2.05, 4.69) is 32.8 Å². The van der Waals surface area contributed by atoms with Crippen molar-refractivity contribution in [1.29, 1.82) is 0 Å². The summed E-state index contributed by atoms with van der Waals surface area (Å²) in [6.45, 7) is 5.77. The number of amides is 2. The van der Waals surface area contributed by atoms with Gasteiger partial charge in [0.05, 0.1) is 6.54 Å². The Balaban J connectivity index is 0.00000450. The summed E-state index contributed by atoms with van der Waals surface area (Å²) in [4.78, 5) is 29.5. The Morgan fingerprint density at radius 2 is 1.90 bits per heavy atom. The van der Waals surface area contributed by atoms with E-state index in [0.717, 1.165) is 24.6 Å². The molecule has 1 aliphatic heterocycles. The molecule has 9 heteroatoms. The Morgan fingerprint density at radius 1 is 1.17 bits per heavy atom. The molecule has 0 radical (unpaired) electrons. The number of carbonyl (C=O) groups excluding carboxylic acids is 2. The second-order valence-electron chi connectivity index (χ2n) is 7.29. The third-order valence-corrected chi connectivity index (χ3v) is 5.23. The SMILES string of the molecule is CCC1CCCCN1CCNC(=NC)NCc1ccc(C(=O)NCC(N)=O)cc1.I. The van der Waals surface area contributed by atoms with Gasteiger partial charge in [0.1, 0.15) is 0 Å². The number of nitrogens with one attached hydrogen (secondary N) is 3. The van der Waals surface area contributed by atoms with Crippen molar-refractivity contribution in [2.24, 2.45) is 10.7 Å². The van der Waals surface area contributed by atoms with Crippen molar-refractivity contribution in [3.8, 4) is 0 Å². The van der Waals surface area contributed by atoms with Crippen LogP contribution in [0.1, 0.15) is 48.5 Å². The highest BCUT2D eigenvalue weighted by molar-refractivity contribution is 14.0. The number of hydrogen-bond acceptors (Lipinski definition) is 4. The minimum atomic E-state index is -0.566. The van der Waals surface area contributed by atoms with Gasteiger partial charge in [-0.3, -0.25) is 19.5 Å². The standard InChI is InChI=1S/C21H34N6O2.HI/c1-3-18-6-4-5-12-27(18)13-11-24-21(23-2)26-14-16-7-9-17(10-8-16)20(29)25-15-19(22)28;/h7-10,18H,3-6,11-15H2,1-2H3,(H2,22,28)(H,25,29)(H2,23,24,26);1H. The van der Waals surface area contributed by atoms with Crippen LogP contribution in [-0.2, 0) is 11.3 Å². The van der Waals surface area contributed by atoms with E-state index in [-0.39, 0.29) is 36.4 Å². The Hall–Kier alpha value is -1.88. The number of aliphatic imine (C=N–C) groups is 1. The maximum Gasteiger partial charge on any atom is 0.251 e. The second kappa shape index (κ2) is 14.2. The monoisotopic (exact) mass is 530 g/mol. The minimum Gasteiger partial charge on any atom is -0.368 e. The van der Waals surface area contributed by atoms with Crippen LogP contribution in [0, 0.1) is 0 Å². The minimum absolute atomic E-state index is 0. The van der Waals surface area contributed by atoms with Gasteiger partial charge in [-0.25, -0.2) is 0 Å². The molecule has 2 amide bonds. The highest BCUT2D eigenvalue weighted by Crippen LogP contribution is 2.18. The number of piperidine rings is 1. The topological polar surface area (TPSA) is 112 Å². The largest absolute Gasteiger partial charge is 0.368 e. The number of primary amides is 1. The first-order valence-corrected chi connectivity index (χ1v) is 10.4. The number of likely N-dealkylation sites (tertiary alicyclic amines) is 1. The summed E-state index contributed by atoms with van der Waals surface area (Å²) in [6, 6.07) is 7.91. The van der Waals surface area contributed by atoms with E-state index in [1.54, 1.807) is 19.2 Å². The number of hydrogen-bond donors (Lipinski definition) is 4. The van der Waals surface area contributed by atoms with Crippen molar-refractivity contribution >= 4 is 41.8 Å². The van der Waals surface area contributed by atoms with E-state index in [9.17, 15) is 9.59 Å². The molecule has 0 bridgehead atoms. The van der Waals surface area contributed by atoms with Gasteiger partial charge in [-0.15, -0.1) is 24.0 Å². The molecule has 0 spiro atoms. The maximum absolute atomic E-state index is 11.9. The first-order chi connectivity index (χ1) is 14.0. The lowest BCUT2D eigenvalue weighted by Gasteiger charge is -2.35. The Bertz CT molecular complexity index is 695. The normalized spacial score (nSPS) is 17.0. The molecule has 1 unspecified atom stereocenters. The van der Waals surface area contributed by atoms with Crippen LogP contribution in [0.3, 0.4) is 0 Å². The van der Waals surface area contributed by atoms with Gasteiger partial charge in [0.2, 0.25) is 5.91 Å². The molecular formula is C21H35IN6O2. The first kappa shape index (κ1) is 26.2. The molecule has 1 aliphatic rings. The van der Waals surface area contributed by atoms with Crippen molar-refractivity contribution in [3.63, 3.8) is 0 Å². The predicted molar refractivity (Wildman–Crippen MR) is 131 cm³/mol. The molecule has 168 valence electrons. The van der Waals surface area contributed by atoms with Crippen LogP contribution in [0.25, 0.3) is 0 Å². The molecule has 1 atom stereocenters. The quantitative estimate of drug-likeness (QED) is 0.220. The van der Waals surface area contributed by atoms with E-state index in [0.29, 0.717) is 18.2 Å². The average Bonchev–Trinajstić information content (AvgIpc) is 2.75. The van der Waals surface area contributed by atoms with Crippen molar-refractivity contribution in [3.05, 3.63) is 35.4 Å². The zero-order chi connectivity index (χ0) is 21.1. The highest BCUT2D eigenvalue weighted by Gasteiger charge is 2.19. The third kappa shape index (κ3) is 8.86. The lowest BCUT2D eigenvalue weighted by atomic mass is 10.0. The lowest BCUT2D eigenvalue weighted by Crippen LogP contribution is -2.45. The zero-order valence-electron chi connectivity index (χ0n) is 17.9. The van der Waals surface area contributed by atoms with Crippen LogP contribution in [0.4, 0.5) is 0 Å². The van der Waals surface area contributed by atoms with Gasteiger partial charge in [0, 0.05) is 38.3 Å². The molecule has 0 aliphatic carbocycles. The van der Waals surface area contributed by atoms with Crippen LogP contribution in [0.15, 0.2) is 29.3 Å². The van der Waals surface area contributed by atoms with Crippen LogP contribution in [0.5, 0.6) is 0 Å². The summed E-state index contributed by atoms with van der Waals surface area (Å²) in [5.74, 6) is -0.120. The molecule has 1 aromatic carbocycles. The summed E-state index contributed by atoms with van der Waals surface area (Å²) in [7, 11) is 1.76. The van der Waals surface area contributed by atoms with Crippen molar-refractivity contribution in [1.82, 2.24) is 20.9 Å². The summed E-state index contributed by atoms with van der Waals surface area (Å²) in [5, 5.41) is 9.15. The number of benzene rings is 1. The molecule has 2 rings (SSSR count). The van der Waals surface area contributed by atoms with Crippen LogP contribution in [-0.4, -0.2) is 61.9 Å². The summed E-state index contributed by atoms with van der Waals surface area (Å²) >= 11 is 0. The van der Waals surface area contributed by atoms with E-state index >= 15 is 0 Å². The average molecular weight is 530 g/mol. The van der Waals surface area contributed by atoms with E-state index in [4.69, 9.17) is 5.73 Å². The molecule has 5 N–H and O–H groups in total. The summed E-state index contributed by atoms with van der Waals surface area (Å²) in [6.07, 6.45) is 5.15. The number of halogens is 1. The van der Waals surface area contributed by atoms with Crippen molar-refractivity contribution < 1.29 is 9.59 Å². The molecular weight excluding hydrogens is 495 g/mol. The fraction of sp³-hybridized carbons (Fsp3) is 0.571. The van der Waals surface area contributed by atoms with Gasteiger partial charge < -0.3 is 21.7 Å². The second-order valence-corrected chi connectivity index (χ2v) is 7.29. The summed E-state index contributed by atoms with van der Waals surface area (Å²) in [5.41, 5.74) is 6.55. The molecule has 1 heterocycles. The number of rotatable bonds is 9. The van der Waals surface area contributed by atoms with Crippen LogP contribution < -0.4 is 21.7 Å². The highest BCUT2D eigenvalue weighted by atomic mass is 127. The zero-order valence-corrected chi connectivity index (χ0v) is 20.3. The Kier molecular flexibility index (Phi) is 12.4. The lowest BCUT2D eigenvalue weighted by molar-refractivity contribution is -0.117. The molecule has 0 saturated carbocycles. The van der Waals surface area contributed by atoms with Crippen molar-refractivity contribution in [2.45, 2.75) is 45.2 Å². The predicted octanol–water partition coefficient (Wildman–Crippen LogP) is 1.45. The molecule has 0 aromatic heterocycles.